The number of hydrogen-bond donors (Lipinski definition) is 2. The molecule has 1 saturated carbocycles. The molecule has 0 aromatic rings. The minimum absolute atomic E-state index is 0.0978. The van der Waals surface area contributed by atoms with Gasteiger partial charge >= 0.3 is 12.0 Å². The van der Waals surface area contributed by atoms with Crippen molar-refractivity contribution >= 4 is 12.0 Å². The Morgan fingerprint density at radius 3 is 2.61 bits per heavy atom. The van der Waals surface area contributed by atoms with Crippen LogP contribution in [0.5, 0.6) is 0 Å². The van der Waals surface area contributed by atoms with Crippen LogP contribution < -0.4 is 5.32 Å². The van der Waals surface area contributed by atoms with Crippen molar-refractivity contribution in [3.8, 4) is 0 Å². The molecule has 2 rings (SSSR count). The molecule has 3 atom stereocenters. The highest BCUT2D eigenvalue weighted by Crippen LogP contribution is 2.38. The molecule has 3 unspecified atom stereocenters. The van der Waals surface area contributed by atoms with Gasteiger partial charge in [-0.1, -0.05) is 6.42 Å². The van der Waals surface area contributed by atoms with E-state index < -0.39 is 11.4 Å². The zero-order chi connectivity index (χ0) is 13.3. The van der Waals surface area contributed by atoms with Gasteiger partial charge in [-0.25, -0.2) is 4.79 Å². The van der Waals surface area contributed by atoms with Crippen LogP contribution in [0, 0.1) is 5.41 Å². The average Bonchev–Trinajstić information content (AvgIpc) is 2.87. The molecule has 1 aliphatic heterocycles. The van der Waals surface area contributed by atoms with Gasteiger partial charge in [0.15, 0.2) is 0 Å². The van der Waals surface area contributed by atoms with Crippen molar-refractivity contribution < 1.29 is 14.7 Å². The van der Waals surface area contributed by atoms with E-state index in [2.05, 4.69) is 5.32 Å². The van der Waals surface area contributed by atoms with Crippen LogP contribution in [0.15, 0.2) is 0 Å². The summed E-state index contributed by atoms with van der Waals surface area (Å²) in [7, 11) is 0. The third-order valence-electron chi connectivity index (χ3n) is 4.56. The van der Waals surface area contributed by atoms with Gasteiger partial charge in [0.05, 0.1) is 5.41 Å². The van der Waals surface area contributed by atoms with E-state index in [1.807, 2.05) is 11.8 Å². The highest BCUT2D eigenvalue weighted by molar-refractivity contribution is 5.79. The summed E-state index contributed by atoms with van der Waals surface area (Å²) in [5, 5.41) is 12.2. The van der Waals surface area contributed by atoms with Crippen LogP contribution in [0.3, 0.4) is 0 Å². The fourth-order valence-electron chi connectivity index (χ4n) is 3.12. The lowest BCUT2D eigenvalue weighted by Gasteiger charge is -2.30. The maximum Gasteiger partial charge on any atom is 0.317 e. The van der Waals surface area contributed by atoms with E-state index in [1.165, 1.54) is 0 Å². The predicted octanol–water partition coefficient (Wildman–Crippen LogP) is 1.82. The van der Waals surface area contributed by atoms with Crippen LogP contribution in [-0.4, -0.2) is 40.6 Å². The second-order valence-corrected chi connectivity index (χ2v) is 5.80. The molecule has 0 bridgehead atoms. The van der Waals surface area contributed by atoms with Gasteiger partial charge in [0, 0.05) is 18.6 Å². The van der Waals surface area contributed by atoms with E-state index >= 15 is 0 Å². The summed E-state index contributed by atoms with van der Waals surface area (Å²) in [6.45, 7) is 4.56. The highest BCUT2D eigenvalue weighted by atomic mass is 16.4. The maximum atomic E-state index is 12.1. The molecule has 2 aliphatic rings. The first-order chi connectivity index (χ1) is 8.45. The molecule has 1 saturated heterocycles. The van der Waals surface area contributed by atoms with Crippen molar-refractivity contribution in [1.82, 2.24) is 10.2 Å². The highest BCUT2D eigenvalue weighted by Gasteiger charge is 2.46. The molecule has 102 valence electrons. The van der Waals surface area contributed by atoms with Gasteiger partial charge in [0.25, 0.3) is 0 Å². The number of carboxylic acids is 1. The van der Waals surface area contributed by atoms with Crippen molar-refractivity contribution in [3.05, 3.63) is 0 Å². The minimum Gasteiger partial charge on any atom is -0.481 e. The number of hydrogen-bond acceptors (Lipinski definition) is 2. The third-order valence-corrected chi connectivity index (χ3v) is 4.56. The molecule has 2 amide bonds. The molecule has 0 spiro atoms. The normalized spacial score (nSPS) is 35.8. The summed E-state index contributed by atoms with van der Waals surface area (Å²) in [6, 6.07) is -0.0721. The monoisotopic (exact) mass is 254 g/mol. The standard InChI is InChI=1S/C13H22N2O3/c1-9-5-4-8-15(9)12(18)14-10-6-3-7-13(10,2)11(16)17/h9-10H,3-8H2,1-2H3,(H,14,18)(H,16,17). The van der Waals surface area contributed by atoms with Gasteiger partial charge < -0.3 is 15.3 Å². The molecule has 0 radical (unpaired) electrons. The van der Waals surface area contributed by atoms with Crippen molar-refractivity contribution in [1.29, 1.82) is 0 Å². The molecule has 2 fully saturated rings. The number of likely N-dealkylation sites (tertiary alicyclic amines) is 1. The zero-order valence-electron chi connectivity index (χ0n) is 11.1. The Hall–Kier alpha value is -1.26. The summed E-state index contributed by atoms with van der Waals surface area (Å²) in [6.07, 6.45) is 4.34. The fraction of sp³-hybridized carbons (Fsp3) is 0.846. The minimum atomic E-state index is -0.807. The Balaban J connectivity index is 2.00. The van der Waals surface area contributed by atoms with E-state index in [-0.39, 0.29) is 18.1 Å². The molecule has 2 N–H and O–H groups in total. The Labute approximate surface area is 108 Å². The number of aliphatic carboxylic acids is 1. The van der Waals surface area contributed by atoms with Gasteiger partial charge in [-0.2, -0.15) is 0 Å². The van der Waals surface area contributed by atoms with Crippen molar-refractivity contribution in [3.63, 3.8) is 0 Å². The van der Waals surface area contributed by atoms with Gasteiger partial charge in [-0.3, -0.25) is 4.79 Å². The van der Waals surface area contributed by atoms with E-state index in [0.29, 0.717) is 6.42 Å². The Morgan fingerprint density at radius 1 is 1.33 bits per heavy atom. The fourth-order valence-corrected chi connectivity index (χ4v) is 3.12. The largest absolute Gasteiger partial charge is 0.481 e. The summed E-state index contributed by atoms with van der Waals surface area (Å²) in [4.78, 5) is 25.3. The van der Waals surface area contributed by atoms with Crippen molar-refractivity contribution in [2.24, 2.45) is 5.41 Å². The number of nitrogens with zero attached hydrogens (tertiary/aromatic N) is 1. The van der Waals surface area contributed by atoms with Crippen LogP contribution in [0.1, 0.15) is 46.0 Å². The molecular weight excluding hydrogens is 232 g/mol. The first-order valence-corrected chi connectivity index (χ1v) is 6.75. The smallest absolute Gasteiger partial charge is 0.317 e. The first-order valence-electron chi connectivity index (χ1n) is 6.75. The van der Waals surface area contributed by atoms with Crippen LogP contribution in [0.2, 0.25) is 0 Å². The topological polar surface area (TPSA) is 69.6 Å². The number of carboxylic acid groups (broad SMARTS) is 1. The molecule has 0 aromatic carbocycles. The molecular formula is C13H22N2O3. The number of nitrogens with one attached hydrogen (secondary N) is 1. The molecule has 18 heavy (non-hydrogen) atoms. The third kappa shape index (κ3) is 2.18. The number of rotatable bonds is 2. The second kappa shape index (κ2) is 4.78. The van der Waals surface area contributed by atoms with Gasteiger partial charge in [0.1, 0.15) is 0 Å². The first kappa shape index (κ1) is 13.2. The summed E-state index contributed by atoms with van der Waals surface area (Å²) >= 11 is 0. The zero-order valence-corrected chi connectivity index (χ0v) is 11.1. The van der Waals surface area contributed by atoms with Gasteiger partial charge in [-0.15, -0.1) is 0 Å². The lowest BCUT2D eigenvalue weighted by Crippen LogP contribution is -2.52. The summed E-state index contributed by atoms with van der Waals surface area (Å²) in [5.74, 6) is -0.806. The Kier molecular flexibility index (Phi) is 3.50. The van der Waals surface area contributed by atoms with Gasteiger partial charge in [0.2, 0.25) is 0 Å². The molecule has 5 heteroatoms. The Bertz CT molecular complexity index is 358. The Morgan fingerprint density at radius 2 is 2.06 bits per heavy atom. The number of urea groups is 1. The van der Waals surface area contributed by atoms with Crippen LogP contribution in [0.25, 0.3) is 0 Å². The SMILES string of the molecule is CC1CCCN1C(=O)NC1CCCC1(C)C(=O)O. The van der Waals surface area contributed by atoms with Crippen LogP contribution in [0.4, 0.5) is 4.79 Å². The number of carbonyl (C=O) groups is 2. The summed E-state index contributed by atoms with van der Waals surface area (Å²) in [5.41, 5.74) is -0.807. The number of amides is 2. The van der Waals surface area contributed by atoms with Gasteiger partial charge in [-0.05, 0) is 39.5 Å². The summed E-state index contributed by atoms with van der Waals surface area (Å²) < 4.78 is 0. The van der Waals surface area contributed by atoms with E-state index in [4.69, 9.17) is 0 Å². The number of carbonyl (C=O) groups excluding carboxylic acids is 1. The van der Waals surface area contributed by atoms with Crippen LogP contribution >= 0.6 is 0 Å². The van der Waals surface area contributed by atoms with Crippen molar-refractivity contribution in [2.45, 2.75) is 58.0 Å². The molecule has 1 aliphatic carbocycles. The average molecular weight is 254 g/mol. The molecule has 1 heterocycles. The lowest BCUT2D eigenvalue weighted by molar-refractivity contribution is -0.148. The predicted molar refractivity (Wildman–Crippen MR) is 67.3 cm³/mol. The van der Waals surface area contributed by atoms with Crippen LogP contribution in [-0.2, 0) is 4.79 Å². The maximum absolute atomic E-state index is 12.1. The quantitative estimate of drug-likeness (QED) is 0.789. The lowest BCUT2D eigenvalue weighted by atomic mass is 9.85. The second-order valence-electron chi connectivity index (χ2n) is 5.80. The molecule has 5 nitrogen and oxygen atoms in total. The van der Waals surface area contributed by atoms with Crippen molar-refractivity contribution in [2.75, 3.05) is 6.54 Å². The van der Waals surface area contributed by atoms with E-state index in [9.17, 15) is 14.7 Å². The van der Waals surface area contributed by atoms with E-state index in [1.54, 1.807) is 6.92 Å². The molecule has 0 aromatic heterocycles. The van der Waals surface area contributed by atoms with E-state index in [0.717, 1.165) is 32.2 Å².